The molecular weight excluding hydrogens is 334 g/mol. The predicted octanol–water partition coefficient (Wildman–Crippen LogP) is 2.97. The van der Waals surface area contributed by atoms with E-state index in [9.17, 15) is 9.90 Å². The maximum absolute atomic E-state index is 12.1. The summed E-state index contributed by atoms with van der Waals surface area (Å²) in [4.78, 5) is 17.5. The second-order valence-corrected chi connectivity index (χ2v) is 6.69. The van der Waals surface area contributed by atoms with E-state index in [0.29, 0.717) is 30.1 Å². The summed E-state index contributed by atoms with van der Waals surface area (Å²) in [7, 11) is 1.64. The van der Waals surface area contributed by atoms with Crippen molar-refractivity contribution in [1.82, 2.24) is 15.0 Å². The molecule has 0 amide bonds. The van der Waals surface area contributed by atoms with E-state index < -0.39 is 12.0 Å². The van der Waals surface area contributed by atoms with Gasteiger partial charge in [0.1, 0.15) is 17.6 Å². The Hall–Kier alpha value is -2.80. The second-order valence-electron chi connectivity index (χ2n) is 6.69. The van der Waals surface area contributed by atoms with Gasteiger partial charge in [-0.15, -0.1) is 0 Å². The summed E-state index contributed by atoms with van der Waals surface area (Å²) in [6, 6.07) is 5.15. The Morgan fingerprint density at radius 3 is 2.88 bits per heavy atom. The summed E-state index contributed by atoms with van der Waals surface area (Å²) < 4.78 is 10.6. The third-order valence-electron chi connectivity index (χ3n) is 5.17. The molecule has 26 heavy (non-hydrogen) atoms. The minimum Gasteiger partial charge on any atom is -0.497 e. The standard InChI is InChI=1S/C19H21N3O4/c1-10-17(11(2)26-21-10)18(19(23)24)22-7-6-16-14(9-22)13-8-12(25-3)4-5-15(13)20-16/h4-5,8,18,20H,6-7,9H2,1-3H3,(H,23,24). The lowest BCUT2D eigenvalue weighted by Crippen LogP contribution is -2.38. The van der Waals surface area contributed by atoms with Gasteiger partial charge >= 0.3 is 5.97 Å². The fourth-order valence-electron chi connectivity index (χ4n) is 3.90. The lowest BCUT2D eigenvalue weighted by Gasteiger charge is -2.32. The van der Waals surface area contributed by atoms with Gasteiger partial charge in [-0.2, -0.15) is 0 Å². The Labute approximate surface area is 150 Å². The Balaban J connectivity index is 1.75. The van der Waals surface area contributed by atoms with Crippen LogP contribution in [-0.2, 0) is 17.8 Å². The number of aliphatic carboxylic acids is 1. The van der Waals surface area contributed by atoms with Crippen molar-refractivity contribution in [2.75, 3.05) is 13.7 Å². The number of fused-ring (bicyclic) bond motifs is 3. The number of nitrogens with zero attached hydrogens (tertiary/aromatic N) is 2. The average Bonchev–Trinajstić information content (AvgIpc) is 3.15. The Bertz CT molecular complexity index is 969. The molecule has 0 saturated carbocycles. The fraction of sp³-hybridized carbons (Fsp3) is 0.368. The molecule has 3 heterocycles. The number of ether oxygens (including phenoxy) is 1. The van der Waals surface area contributed by atoms with Gasteiger partial charge in [0.2, 0.25) is 0 Å². The molecule has 1 aromatic carbocycles. The highest BCUT2D eigenvalue weighted by molar-refractivity contribution is 5.86. The highest BCUT2D eigenvalue weighted by atomic mass is 16.5. The summed E-state index contributed by atoms with van der Waals surface area (Å²) in [6.07, 6.45) is 0.763. The number of rotatable bonds is 4. The fourth-order valence-corrected chi connectivity index (χ4v) is 3.90. The second kappa shape index (κ2) is 6.17. The maximum atomic E-state index is 12.1. The molecule has 0 spiro atoms. The number of hydrogen-bond donors (Lipinski definition) is 2. The van der Waals surface area contributed by atoms with Gasteiger partial charge in [0.25, 0.3) is 0 Å². The molecule has 0 saturated heterocycles. The van der Waals surface area contributed by atoms with Crippen LogP contribution in [0.5, 0.6) is 5.75 Å². The summed E-state index contributed by atoms with van der Waals surface area (Å²) in [5, 5.41) is 14.9. The van der Waals surface area contributed by atoms with Gasteiger partial charge in [0, 0.05) is 41.7 Å². The minimum atomic E-state index is -0.889. The molecule has 0 aliphatic carbocycles. The first-order chi connectivity index (χ1) is 12.5. The summed E-state index contributed by atoms with van der Waals surface area (Å²) in [5.74, 6) is 0.457. The smallest absolute Gasteiger partial charge is 0.325 e. The van der Waals surface area contributed by atoms with E-state index >= 15 is 0 Å². The molecule has 2 aromatic heterocycles. The van der Waals surface area contributed by atoms with Crippen LogP contribution in [0.4, 0.5) is 0 Å². The number of H-pyrrole nitrogens is 1. The minimum absolute atomic E-state index is 0.545. The zero-order valence-electron chi connectivity index (χ0n) is 15.0. The molecule has 1 aliphatic rings. The van der Waals surface area contributed by atoms with E-state index in [4.69, 9.17) is 9.26 Å². The van der Waals surface area contributed by atoms with E-state index in [-0.39, 0.29) is 0 Å². The molecule has 4 rings (SSSR count). The van der Waals surface area contributed by atoms with Gasteiger partial charge in [-0.1, -0.05) is 5.16 Å². The lowest BCUT2D eigenvalue weighted by atomic mass is 9.98. The number of methoxy groups -OCH3 is 1. The van der Waals surface area contributed by atoms with Crippen molar-refractivity contribution in [3.05, 3.63) is 46.5 Å². The number of hydrogen-bond acceptors (Lipinski definition) is 5. The third kappa shape index (κ3) is 2.55. The van der Waals surface area contributed by atoms with Crippen molar-refractivity contribution in [2.45, 2.75) is 32.9 Å². The number of carboxylic acid groups (broad SMARTS) is 1. The normalized spacial score (nSPS) is 15.8. The molecule has 1 unspecified atom stereocenters. The number of carbonyl (C=O) groups is 1. The van der Waals surface area contributed by atoms with Gasteiger partial charge in [-0.05, 0) is 37.6 Å². The third-order valence-corrected chi connectivity index (χ3v) is 5.17. The molecule has 1 aliphatic heterocycles. The van der Waals surface area contributed by atoms with Crippen molar-refractivity contribution in [3.8, 4) is 5.75 Å². The van der Waals surface area contributed by atoms with Crippen LogP contribution in [0.15, 0.2) is 22.7 Å². The van der Waals surface area contributed by atoms with Crippen LogP contribution >= 0.6 is 0 Å². The van der Waals surface area contributed by atoms with Crippen LogP contribution in [0.3, 0.4) is 0 Å². The van der Waals surface area contributed by atoms with Crippen LogP contribution in [0.2, 0.25) is 0 Å². The van der Waals surface area contributed by atoms with Crippen LogP contribution in [0.1, 0.15) is 34.3 Å². The highest BCUT2D eigenvalue weighted by Crippen LogP contribution is 2.35. The van der Waals surface area contributed by atoms with Crippen molar-refractivity contribution in [3.63, 3.8) is 0 Å². The molecule has 0 radical (unpaired) electrons. The molecule has 7 nitrogen and oxygen atoms in total. The molecule has 0 fully saturated rings. The lowest BCUT2D eigenvalue weighted by molar-refractivity contribution is -0.144. The monoisotopic (exact) mass is 355 g/mol. The number of nitrogens with one attached hydrogen (secondary N) is 1. The molecule has 0 bridgehead atoms. The summed E-state index contributed by atoms with van der Waals surface area (Å²) >= 11 is 0. The predicted molar refractivity (Wildman–Crippen MR) is 95.3 cm³/mol. The first-order valence-corrected chi connectivity index (χ1v) is 8.56. The van der Waals surface area contributed by atoms with Gasteiger partial charge in [0.05, 0.1) is 12.8 Å². The molecule has 2 N–H and O–H groups in total. The molecule has 7 heteroatoms. The van der Waals surface area contributed by atoms with Crippen molar-refractivity contribution >= 4 is 16.9 Å². The topological polar surface area (TPSA) is 91.6 Å². The zero-order valence-corrected chi connectivity index (χ0v) is 15.0. The van der Waals surface area contributed by atoms with Crippen molar-refractivity contribution in [1.29, 1.82) is 0 Å². The van der Waals surface area contributed by atoms with E-state index in [2.05, 4.69) is 10.1 Å². The number of aromatic amines is 1. The van der Waals surface area contributed by atoms with E-state index in [1.807, 2.05) is 23.1 Å². The van der Waals surface area contributed by atoms with Crippen LogP contribution in [0.25, 0.3) is 10.9 Å². The first kappa shape index (κ1) is 16.7. The number of benzene rings is 1. The molecular formula is C19H21N3O4. The van der Waals surface area contributed by atoms with E-state index in [1.165, 1.54) is 0 Å². The number of aromatic nitrogens is 2. The quantitative estimate of drug-likeness (QED) is 0.748. The van der Waals surface area contributed by atoms with Crippen LogP contribution in [0, 0.1) is 13.8 Å². The zero-order chi connectivity index (χ0) is 18.4. The van der Waals surface area contributed by atoms with E-state index in [1.54, 1.807) is 21.0 Å². The summed E-state index contributed by atoms with van der Waals surface area (Å²) in [5.41, 5.74) is 4.61. The van der Waals surface area contributed by atoms with Crippen molar-refractivity contribution in [2.24, 2.45) is 0 Å². The Morgan fingerprint density at radius 2 is 2.23 bits per heavy atom. The van der Waals surface area contributed by atoms with E-state index in [0.717, 1.165) is 34.3 Å². The number of carboxylic acids is 1. The highest BCUT2D eigenvalue weighted by Gasteiger charge is 2.35. The van der Waals surface area contributed by atoms with Crippen LogP contribution in [-0.4, -0.2) is 39.8 Å². The Morgan fingerprint density at radius 1 is 1.42 bits per heavy atom. The van der Waals surface area contributed by atoms with Gasteiger partial charge in [-0.25, -0.2) is 0 Å². The maximum Gasteiger partial charge on any atom is 0.325 e. The number of aryl methyl sites for hydroxylation is 2. The Kier molecular flexibility index (Phi) is 3.96. The van der Waals surface area contributed by atoms with Crippen LogP contribution < -0.4 is 4.74 Å². The molecule has 3 aromatic rings. The van der Waals surface area contributed by atoms with Gasteiger partial charge in [-0.3, -0.25) is 9.69 Å². The molecule has 1 atom stereocenters. The average molecular weight is 355 g/mol. The van der Waals surface area contributed by atoms with Crippen molar-refractivity contribution < 1.29 is 19.2 Å². The first-order valence-electron chi connectivity index (χ1n) is 8.56. The summed E-state index contributed by atoms with van der Waals surface area (Å²) in [6.45, 7) is 4.74. The van der Waals surface area contributed by atoms with Gasteiger partial charge in [0.15, 0.2) is 0 Å². The largest absolute Gasteiger partial charge is 0.497 e. The SMILES string of the molecule is COc1ccc2[nH]c3c(c2c1)CN(C(C(=O)O)c1c(C)noc1C)CC3. The molecule has 136 valence electrons. The van der Waals surface area contributed by atoms with Gasteiger partial charge < -0.3 is 19.4 Å².